The van der Waals surface area contributed by atoms with E-state index in [9.17, 15) is 4.39 Å². The second-order valence-electron chi connectivity index (χ2n) is 4.45. The lowest BCUT2D eigenvalue weighted by Crippen LogP contribution is -2.12. The summed E-state index contributed by atoms with van der Waals surface area (Å²) in [5, 5.41) is 3.35. The molecule has 3 heteroatoms. The van der Waals surface area contributed by atoms with Gasteiger partial charge in [-0.1, -0.05) is 36.4 Å². The van der Waals surface area contributed by atoms with Gasteiger partial charge in [-0.15, -0.1) is 0 Å². The van der Waals surface area contributed by atoms with Crippen LogP contribution in [0.3, 0.4) is 0 Å². The van der Waals surface area contributed by atoms with E-state index in [1.54, 1.807) is 11.8 Å². The normalized spacial score (nSPS) is 10.7. The van der Waals surface area contributed by atoms with Crippen LogP contribution in [-0.2, 0) is 6.54 Å². The van der Waals surface area contributed by atoms with E-state index < -0.39 is 0 Å². The number of aryl methyl sites for hydroxylation is 1. The lowest BCUT2D eigenvalue weighted by atomic mass is 10.1. The molecule has 0 fully saturated rings. The fourth-order valence-electron chi connectivity index (χ4n) is 1.84. The lowest BCUT2D eigenvalue weighted by Gasteiger charge is -2.11. The SMILES string of the molecule is CCNCc1cc(C)ccc1Sc1ccc(F)cc1. The van der Waals surface area contributed by atoms with Gasteiger partial charge in [0.05, 0.1) is 0 Å². The van der Waals surface area contributed by atoms with Crippen molar-refractivity contribution in [2.24, 2.45) is 0 Å². The highest BCUT2D eigenvalue weighted by Gasteiger charge is 2.05. The van der Waals surface area contributed by atoms with Crippen LogP contribution in [0.1, 0.15) is 18.1 Å². The Kier molecular flexibility index (Phi) is 5.00. The van der Waals surface area contributed by atoms with Crippen molar-refractivity contribution in [3.63, 3.8) is 0 Å². The number of rotatable bonds is 5. The molecular weight excluding hydrogens is 257 g/mol. The fraction of sp³-hybridized carbons (Fsp3) is 0.250. The highest BCUT2D eigenvalue weighted by atomic mass is 32.2. The van der Waals surface area contributed by atoms with Crippen LogP contribution in [0.15, 0.2) is 52.3 Å². The second-order valence-corrected chi connectivity index (χ2v) is 5.56. The molecule has 2 aromatic carbocycles. The van der Waals surface area contributed by atoms with Gasteiger partial charge in [-0.2, -0.15) is 0 Å². The van der Waals surface area contributed by atoms with Gasteiger partial charge in [-0.05, 0) is 49.4 Å². The van der Waals surface area contributed by atoms with Crippen molar-refractivity contribution in [1.82, 2.24) is 5.32 Å². The van der Waals surface area contributed by atoms with Crippen molar-refractivity contribution in [3.05, 3.63) is 59.4 Å². The highest BCUT2D eigenvalue weighted by molar-refractivity contribution is 7.99. The molecule has 0 atom stereocenters. The number of nitrogens with one attached hydrogen (secondary N) is 1. The van der Waals surface area contributed by atoms with E-state index in [-0.39, 0.29) is 5.82 Å². The molecule has 0 spiro atoms. The number of benzene rings is 2. The summed E-state index contributed by atoms with van der Waals surface area (Å²) in [5.74, 6) is -0.193. The molecule has 0 aliphatic heterocycles. The van der Waals surface area contributed by atoms with Gasteiger partial charge in [-0.25, -0.2) is 4.39 Å². The van der Waals surface area contributed by atoms with Crippen LogP contribution in [0, 0.1) is 12.7 Å². The highest BCUT2D eigenvalue weighted by Crippen LogP contribution is 2.31. The number of halogens is 1. The molecule has 0 heterocycles. The first-order valence-corrected chi connectivity index (χ1v) is 7.24. The summed E-state index contributed by atoms with van der Waals surface area (Å²) in [5.41, 5.74) is 2.55. The molecule has 0 saturated carbocycles. The van der Waals surface area contributed by atoms with Crippen molar-refractivity contribution in [2.45, 2.75) is 30.2 Å². The molecule has 0 unspecified atom stereocenters. The summed E-state index contributed by atoms with van der Waals surface area (Å²) in [4.78, 5) is 2.28. The lowest BCUT2D eigenvalue weighted by molar-refractivity contribution is 0.626. The Hall–Kier alpha value is -1.32. The third kappa shape index (κ3) is 4.08. The molecule has 0 saturated heterocycles. The van der Waals surface area contributed by atoms with Crippen LogP contribution in [0.25, 0.3) is 0 Å². The van der Waals surface area contributed by atoms with Gasteiger partial charge in [0.15, 0.2) is 0 Å². The average Bonchev–Trinajstić information content (AvgIpc) is 2.41. The molecule has 0 radical (unpaired) electrons. The summed E-state index contributed by atoms with van der Waals surface area (Å²) in [6, 6.07) is 13.1. The maximum absolute atomic E-state index is 12.9. The van der Waals surface area contributed by atoms with E-state index in [4.69, 9.17) is 0 Å². The van der Waals surface area contributed by atoms with Gasteiger partial charge in [0, 0.05) is 16.3 Å². The molecule has 0 bridgehead atoms. The van der Waals surface area contributed by atoms with Crippen LogP contribution in [0.4, 0.5) is 4.39 Å². The van der Waals surface area contributed by atoms with E-state index in [2.05, 4.69) is 37.4 Å². The van der Waals surface area contributed by atoms with Gasteiger partial charge < -0.3 is 5.32 Å². The minimum atomic E-state index is -0.193. The second kappa shape index (κ2) is 6.73. The topological polar surface area (TPSA) is 12.0 Å². The third-order valence-corrected chi connectivity index (χ3v) is 3.95. The van der Waals surface area contributed by atoms with Gasteiger partial charge >= 0.3 is 0 Å². The van der Waals surface area contributed by atoms with Gasteiger partial charge in [0.2, 0.25) is 0 Å². The molecule has 1 nitrogen and oxygen atoms in total. The maximum Gasteiger partial charge on any atom is 0.123 e. The van der Waals surface area contributed by atoms with Crippen LogP contribution >= 0.6 is 11.8 Å². The molecule has 0 aliphatic rings. The zero-order chi connectivity index (χ0) is 13.7. The Morgan fingerprint density at radius 3 is 2.53 bits per heavy atom. The van der Waals surface area contributed by atoms with Crippen molar-refractivity contribution in [3.8, 4) is 0 Å². The number of hydrogen-bond donors (Lipinski definition) is 1. The first kappa shape index (κ1) is 14.1. The van der Waals surface area contributed by atoms with E-state index in [1.807, 2.05) is 12.1 Å². The minimum Gasteiger partial charge on any atom is -0.313 e. The average molecular weight is 275 g/mol. The zero-order valence-electron chi connectivity index (χ0n) is 11.2. The van der Waals surface area contributed by atoms with Crippen molar-refractivity contribution >= 4 is 11.8 Å². The molecule has 0 aromatic heterocycles. The summed E-state index contributed by atoms with van der Waals surface area (Å²) in [6.07, 6.45) is 0. The smallest absolute Gasteiger partial charge is 0.123 e. The maximum atomic E-state index is 12.9. The summed E-state index contributed by atoms with van der Waals surface area (Å²) >= 11 is 1.68. The van der Waals surface area contributed by atoms with E-state index in [1.165, 1.54) is 28.2 Å². The van der Waals surface area contributed by atoms with Gasteiger partial charge in [0.1, 0.15) is 5.82 Å². The van der Waals surface area contributed by atoms with Gasteiger partial charge in [0.25, 0.3) is 0 Å². The van der Waals surface area contributed by atoms with E-state index in [0.29, 0.717) is 0 Å². The predicted molar refractivity (Wildman–Crippen MR) is 79.1 cm³/mol. The summed E-state index contributed by atoms with van der Waals surface area (Å²) < 4.78 is 12.9. The van der Waals surface area contributed by atoms with Crippen molar-refractivity contribution in [2.75, 3.05) is 6.54 Å². The molecule has 2 aromatic rings. The molecule has 0 amide bonds. The minimum absolute atomic E-state index is 0.193. The summed E-state index contributed by atoms with van der Waals surface area (Å²) in [7, 11) is 0. The first-order chi connectivity index (χ1) is 9.19. The third-order valence-electron chi connectivity index (χ3n) is 2.82. The quantitative estimate of drug-likeness (QED) is 0.868. The Labute approximate surface area is 118 Å². The fourth-order valence-corrected chi connectivity index (χ4v) is 2.76. The molecule has 2 rings (SSSR count). The zero-order valence-corrected chi connectivity index (χ0v) is 12.1. The molecule has 1 N–H and O–H groups in total. The largest absolute Gasteiger partial charge is 0.313 e. The van der Waals surface area contributed by atoms with Crippen LogP contribution in [-0.4, -0.2) is 6.54 Å². The van der Waals surface area contributed by atoms with Crippen LogP contribution < -0.4 is 5.32 Å². The monoisotopic (exact) mass is 275 g/mol. The molecule has 19 heavy (non-hydrogen) atoms. The predicted octanol–water partition coefficient (Wildman–Crippen LogP) is 4.39. The molecule has 0 aliphatic carbocycles. The Morgan fingerprint density at radius 2 is 1.84 bits per heavy atom. The first-order valence-electron chi connectivity index (χ1n) is 6.42. The van der Waals surface area contributed by atoms with E-state index in [0.717, 1.165) is 18.0 Å². The molecular formula is C16H18FNS. The van der Waals surface area contributed by atoms with Crippen molar-refractivity contribution < 1.29 is 4.39 Å². The summed E-state index contributed by atoms with van der Waals surface area (Å²) in [6.45, 7) is 6.01. The molecule has 100 valence electrons. The Bertz CT molecular complexity index is 537. The van der Waals surface area contributed by atoms with Crippen LogP contribution in [0.2, 0.25) is 0 Å². The Morgan fingerprint density at radius 1 is 1.11 bits per heavy atom. The van der Waals surface area contributed by atoms with E-state index >= 15 is 0 Å². The van der Waals surface area contributed by atoms with Gasteiger partial charge in [-0.3, -0.25) is 0 Å². The number of hydrogen-bond acceptors (Lipinski definition) is 2. The standard InChI is InChI=1S/C16H18FNS/c1-3-18-11-13-10-12(2)4-9-16(13)19-15-7-5-14(17)6-8-15/h4-10,18H,3,11H2,1-2H3. The van der Waals surface area contributed by atoms with Crippen molar-refractivity contribution in [1.29, 1.82) is 0 Å². The van der Waals surface area contributed by atoms with Crippen LogP contribution in [0.5, 0.6) is 0 Å². The Balaban J connectivity index is 2.20.